The number of phenolic OH excluding ortho intramolecular Hbond substituents is 1. The first-order valence-electron chi connectivity index (χ1n) is 8.54. The molecular formula is C19H16FN3O6. The number of amides is 3. The highest BCUT2D eigenvalue weighted by Gasteiger charge is 2.34. The average molecular weight is 401 g/mol. The second kappa shape index (κ2) is 7.97. The summed E-state index contributed by atoms with van der Waals surface area (Å²) in [5, 5.41) is 23.7. The van der Waals surface area contributed by atoms with Gasteiger partial charge in [0.1, 0.15) is 11.5 Å². The number of imide groups is 1. The van der Waals surface area contributed by atoms with Gasteiger partial charge >= 0.3 is 6.03 Å². The molecule has 1 aliphatic rings. The predicted molar refractivity (Wildman–Crippen MR) is 99.4 cm³/mol. The maximum atomic E-state index is 13.8. The fourth-order valence-corrected chi connectivity index (χ4v) is 2.76. The first-order valence-corrected chi connectivity index (χ1v) is 8.54. The Balaban J connectivity index is 1.95. The summed E-state index contributed by atoms with van der Waals surface area (Å²) in [6.45, 7) is 1.49. The summed E-state index contributed by atoms with van der Waals surface area (Å²) < 4.78 is 19.0. The third-order valence-corrected chi connectivity index (χ3v) is 4.15. The summed E-state index contributed by atoms with van der Waals surface area (Å²) in [6, 6.07) is 7.03. The summed E-state index contributed by atoms with van der Waals surface area (Å²) in [5.41, 5.74) is -0.518. The first-order chi connectivity index (χ1) is 13.8. The van der Waals surface area contributed by atoms with Gasteiger partial charge in [-0.25, -0.2) is 9.18 Å². The summed E-state index contributed by atoms with van der Waals surface area (Å²) in [5.74, 6) is -1.88. The molecule has 1 saturated heterocycles. The molecule has 2 N–H and O–H groups in total. The lowest BCUT2D eigenvalue weighted by Gasteiger charge is -2.12. The largest absolute Gasteiger partial charge is 0.504 e. The van der Waals surface area contributed by atoms with Crippen molar-refractivity contribution >= 4 is 23.7 Å². The molecule has 9 nitrogen and oxygen atoms in total. The number of rotatable bonds is 6. The molecule has 2 aromatic rings. The average Bonchev–Trinajstić information content (AvgIpc) is 2.94. The molecule has 10 heteroatoms. The highest BCUT2D eigenvalue weighted by Crippen LogP contribution is 2.36. The van der Waals surface area contributed by atoms with E-state index >= 15 is 0 Å². The number of nitrogens with zero attached hydrogens (tertiary/aromatic N) is 2. The molecule has 150 valence electrons. The Hall–Kier alpha value is -3.95. The smallest absolute Gasteiger partial charge is 0.329 e. The highest BCUT2D eigenvalue weighted by atomic mass is 19.1. The number of nitrogens with one attached hydrogen (secondary N) is 1. The second-order valence-corrected chi connectivity index (χ2v) is 6.04. The van der Waals surface area contributed by atoms with Crippen molar-refractivity contribution < 1.29 is 28.7 Å². The van der Waals surface area contributed by atoms with E-state index in [4.69, 9.17) is 4.74 Å². The normalized spacial score (nSPS) is 15.0. The van der Waals surface area contributed by atoms with Crippen molar-refractivity contribution in [1.82, 2.24) is 10.2 Å². The monoisotopic (exact) mass is 401 g/mol. The van der Waals surface area contributed by atoms with Gasteiger partial charge in [-0.2, -0.15) is 0 Å². The van der Waals surface area contributed by atoms with Crippen LogP contribution in [0.25, 0.3) is 6.08 Å². The molecule has 0 radical (unpaired) electrons. The lowest BCUT2D eigenvalue weighted by molar-refractivity contribution is -0.385. The molecule has 0 atom stereocenters. The Bertz CT molecular complexity index is 1040. The van der Waals surface area contributed by atoms with E-state index in [2.05, 4.69) is 5.32 Å². The lowest BCUT2D eigenvalue weighted by atomic mass is 10.1. The number of carbonyl (C=O) groups excluding carboxylic acids is 2. The van der Waals surface area contributed by atoms with Crippen LogP contribution in [-0.4, -0.2) is 33.5 Å². The quantitative estimate of drug-likeness (QED) is 0.332. The Labute approximate surface area is 164 Å². The van der Waals surface area contributed by atoms with E-state index in [1.807, 2.05) is 0 Å². The topological polar surface area (TPSA) is 122 Å². The number of urea groups is 1. The number of ether oxygens (including phenoxy) is 1. The molecule has 2 aromatic carbocycles. The third-order valence-electron chi connectivity index (χ3n) is 4.15. The van der Waals surface area contributed by atoms with Gasteiger partial charge in [-0.1, -0.05) is 18.2 Å². The Morgan fingerprint density at radius 3 is 2.69 bits per heavy atom. The molecule has 0 bridgehead atoms. The Morgan fingerprint density at radius 2 is 2.03 bits per heavy atom. The third kappa shape index (κ3) is 4.00. The zero-order valence-electron chi connectivity index (χ0n) is 15.2. The molecule has 3 amide bonds. The van der Waals surface area contributed by atoms with Crippen molar-refractivity contribution in [3.8, 4) is 11.5 Å². The number of benzene rings is 2. The van der Waals surface area contributed by atoms with Crippen molar-refractivity contribution in [2.75, 3.05) is 6.61 Å². The van der Waals surface area contributed by atoms with Crippen LogP contribution in [0.2, 0.25) is 0 Å². The van der Waals surface area contributed by atoms with Crippen LogP contribution in [0.15, 0.2) is 42.1 Å². The summed E-state index contributed by atoms with van der Waals surface area (Å²) >= 11 is 0. The maximum absolute atomic E-state index is 13.8. The molecular weight excluding hydrogens is 385 g/mol. The fraction of sp³-hybridized carbons (Fsp3) is 0.158. The summed E-state index contributed by atoms with van der Waals surface area (Å²) in [7, 11) is 0. The minimum atomic E-state index is -0.778. The van der Waals surface area contributed by atoms with Gasteiger partial charge in [0.25, 0.3) is 11.6 Å². The van der Waals surface area contributed by atoms with Crippen molar-refractivity contribution in [3.05, 3.63) is 69.2 Å². The van der Waals surface area contributed by atoms with Gasteiger partial charge in [-0.15, -0.1) is 0 Å². The Morgan fingerprint density at radius 1 is 1.31 bits per heavy atom. The van der Waals surface area contributed by atoms with Gasteiger partial charge in [0.2, 0.25) is 0 Å². The number of hydrogen-bond acceptors (Lipinski definition) is 6. The van der Waals surface area contributed by atoms with Crippen molar-refractivity contribution in [2.24, 2.45) is 0 Å². The number of carbonyl (C=O) groups is 2. The van der Waals surface area contributed by atoms with Gasteiger partial charge in [-0.05, 0) is 19.1 Å². The number of non-ortho nitro benzene ring substituents is 1. The van der Waals surface area contributed by atoms with Crippen LogP contribution in [-0.2, 0) is 11.3 Å². The molecule has 0 saturated carbocycles. The van der Waals surface area contributed by atoms with Gasteiger partial charge in [-0.3, -0.25) is 19.8 Å². The molecule has 0 spiro atoms. The van der Waals surface area contributed by atoms with Crippen LogP contribution in [0.5, 0.6) is 11.5 Å². The van der Waals surface area contributed by atoms with E-state index in [0.717, 1.165) is 23.1 Å². The van der Waals surface area contributed by atoms with Crippen LogP contribution in [0.4, 0.5) is 14.9 Å². The second-order valence-electron chi connectivity index (χ2n) is 6.04. The number of halogens is 1. The maximum Gasteiger partial charge on any atom is 0.329 e. The number of nitro groups is 1. The van der Waals surface area contributed by atoms with Crippen LogP contribution < -0.4 is 10.1 Å². The van der Waals surface area contributed by atoms with E-state index in [1.54, 1.807) is 13.0 Å². The number of phenols is 1. The van der Waals surface area contributed by atoms with Crippen LogP contribution in [0, 0.1) is 15.9 Å². The molecule has 1 heterocycles. The van der Waals surface area contributed by atoms with Gasteiger partial charge in [0.15, 0.2) is 11.5 Å². The minimum absolute atomic E-state index is 0.0842. The molecule has 0 unspecified atom stereocenters. The molecule has 3 rings (SSSR count). The number of aromatic hydroxyl groups is 1. The van der Waals surface area contributed by atoms with E-state index in [-0.39, 0.29) is 41.4 Å². The van der Waals surface area contributed by atoms with Crippen molar-refractivity contribution in [3.63, 3.8) is 0 Å². The first kappa shape index (κ1) is 19.8. The Kier molecular flexibility index (Phi) is 5.44. The van der Waals surface area contributed by atoms with Gasteiger partial charge in [0.05, 0.1) is 24.1 Å². The molecule has 1 aliphatic heterocycles. The van der Waals surface area contributed by atoms with Crippen LogP contribution in [0.3, 0.4) is 0 Å². The lowest BCUT2D eigenvalue weighted by Crippen LogP contribution is -2.30. The zero-order valence-corrected chi connectivity index (χ0v) is 15.2. The number of hydrogen-bond donors (Lipinski definition) is 2. The zero-order chi connectivity index (χ0) is 21.1. The van der Waals surface area contributed by atoms with E-state index in [1.165, 1.54) is 18.2 Å². The fourth-order valence-electron chi connectivity index (χ4n) is 2.76. The molecule has 29 heavy (non-hydrogen) atoms. The van der Waals surface area contributed by atoms with E-state index < -0.39 is 28.4 Å². The van der Waals surface area contributed by atoms with Crippen LogP contribution >= 0.6 is 0 Å². The van der Waals surface area contributed by atoms with E-state index in [0.29, 0.717) is 0 Å². The molecule has 0 aromatic heterocycles. The predicted octanol–water partition coefficient (Wildman–Crippen LogP) is 2.93. The summed E-state index contributed by atoms with van der Waals surface area (Å²) in [4.78, 5) is 36.0. The van der Waals surface area contributed by atoms with Crippen molar-refractivity contribution in [2.45, 2.75) is 13.5 Å². The van der Waals surface area contributed by atoms with Gasteiger partial charge in [0, 0.05) is 17.2 Å². The number of nitro benzene ring substituents is 1. The van der Waals surface area contributed by atoms with Crippen molar-refractivity contribution in [1.29, 1.82) is 0 Å². The van der Waals surface area contributed by atoms with Gasteiger partial charge < -0.3 is 15.2 Å². The SMILES string of the molecule is CCOc1cc([N+](=O)[O-])cc(/C=C2\NC(=O)N(Cc3ccccc3F)C2=O)c1O. The van der Waals surface area contributed by atoms with Crippen LogP contribution in [0.1, 0.15) is 18.1 Å². The van der Waals surface area contributed by atoms with E-state index in [9.17, 15) is 29.2 Å². The molecule has 0 aliphatic carbocycles. The summed E-state index contributed by atoms with van der Waals surface area (Å²) in [6.07, 6.45) is 1.10. The minimum Gasteiger partial charge on any atom is -0.504 e. The standard InChI is InChI=1S/C19H16FN3O6/c1-2-29-16-9-13(23(27)28)7-12(17(16)24)8-15-18(25)22(19(26)21-15)10-11-5-3-4-6-14(11)20/h3-9,24H,2,10H2,1H3,(H,21,26)/b15-8-. The molecule has 1 fully saturated rings. The highest BCUT2D eigenvalue weighted by molar-refractivity contribution is 6.14.